The number of anilines is 1. The van der Waals surface area contributed by atoms with Gasteiger partial charge in [0.05, 0.1) is 5.69 Å². The first kappa shape index (κ1) is 18.8. The number of rotatable bonds is 4. The molecule has 0 bridgehead atoms. The number of para-hydroxylation sites is 1. The normalized spacial score (nSPS) is 11.2. The molecular formula is C14H16N3NaO3S. The molecule has 8 heteroatoms. The molecule has 2 aromatic rings. The van der Waals surface area contributed by atoms with E-state index in [1.165, 1.54) is 18.2 Å². The van der Waals surface area contributed by atoms with Crippen LogP contribution in [0.1, 0.15) is 1.43 Å². The van der Waals surface area contributed by atoms with Gasteiger partial charge in [-0.25, -0.2) is 0 Å². The van der Waals surface area contributed by atoms with Gasteiger partial charge >= 0.3 is 29.6 Å². The van der Waals surface area contributed by atoms with Crippen molar-refractivity contribution >= 4 is 27.2 Å². The van der Waals surface area contributed by atoms with E-state index in [2.05, 4.69) is 10.2 Å². The van der Waals surface area contributed by atoms with Crippen LogP contribution in [0.2, 0.25) is 0 Å². The van der Waals surface area contributed by atoms with Crippen molar-refractivity contribution in [3.05, 3.63) is 48.5 Å². The zero-order chi connectivity index (χ0) is 15.5. The molecule has 0 saturated carbocycles. The van der Waals surface area contributed by atoms with Gasteiger partial charge in [0.25, 0.3) is 10.1 Å². The second-order valence-electron chi connectivity index (χ2n) is 4.53. The van der Waals surface area contributed by atoms with Crippen LogP contribution in [0.4, 0.5) is 17.1 Å². The maximum absolute atomic E-state index is 11.3. The summed E-state index contributed by atoms with van der Waals surface area (Å²) >= 11 is 0. The van der Waals surface area contributed by atoms with Crippen molar-refractivity contribution in [3.8, 4) is 0 Å². The maximum atomic E-state index is 11.3. The van der Waals surface area contributed by atoms with E-state index in [-0.39, 0.29) is 41.6 Å². The average molecular weight is 329 g/mol. The Morgan fingerprint density at radius 1 is 0.955 bits per heavy atom. The Balaban J connectivity index is 0.00000242. The van der Waals surface area contributed by atoms with Crippen molar-refractivity contribution in [2.24, 2.45) is 10.2 Å². The number of hydrogen-bond donors (Lipinski definition) is 1. The summed E-state index contributed by atoms with van der Waals surface area (Å²) in [5.41, 5.74) is 1.55. The fourth-order valence-electron chi connectivity index (χ4n) is 1.79. The van der Waals surface area contributed by atoms with Crippen molar-refractivity contribution in [2.75, 3.05) is 19.0 Å². The van der Waals surface area contributed by atoms with Gasteiger partial charge in [0.1, 0.15) is 16.3 Å². The third-order valence-electron chi connectivity index (χ3n) is 2.77. The minimum atomic E-state index is -4.33. The van der Waals surface area contributed by atoms with E-state index in [1.807, 2.05) is 37.2 Å². The van der Waals surface area contributed by atoms with Crippen molar-refractivity contribution in [2.45, 2.75) is 4.90 Å². The molecule has 0 spiro atoms. The maximum Gasteiger partial charge on any atom is 1.00 e. The summed E-state index contributed by atoms with van der Waals surface area (Å²) in [4.78, 5) is 1.61. The van der Waals surface area contributed by atoms with Gasteiger partial charge in [0, 0.05) is 14.1 Å². The Morgan fingerprint density at radius 2 is 1.45 bits per heavy atom. The second kappa shape index (κ2) is 7.85. The second-order valence-corrected chi connectivity index (χ2v) is 5.92. The molecule has 22 heavy (non-hydrogen) atoms. The van der Waals surface area contributed by atoms with Crippen LogP contribution in [-0.2, 0) is 10.1 Å². The van der Waals surface area contributed by atoms with Gasteiger partial charge in [0.2, 0.25) is 0 Å². The molecule has 0 unspecified atom stereocenters. The molecule has 0 atom stereocenters. The number of hydrogen-bond acceptors (Lipinski definition) is 5. The first-order valence-electron chi connectivity index (χ1n) is 6.14. The Kier molecular flexibility index (Phi) is 6.70. The molecule has 0 fully saturated rings. The molecule has 0 aromatic heterocycles. The third-order valence-corrected chi connectivity index (χ3v) is 3.67. The molecule has 1 N–H and O–H groups in total. The van der Waals surface area contributed by atoms with Crippen LogP contribution in [0, 0.1) is 0 Å². The summed E-state index contributed by atoms with van der Waals surface area (Å²) in [7, 11) is -0.578. The molecule has 112 valence electrons. The molecule has 0 aliphatic rings. The van der Waals surface area contributed by atoms with Crippen molar-refractivity contribution in [1.82, 2.24) is 0 Å². The molecule has 0 amide bonds. The molecule has 2 aromatic carbocycles. The van der Waals surface area contributed by atoms with Gasteiger partial charge in [-0.3, -0.25) is 4.55 Å². The standard InChI is InChI=1S/C14H15N3O3S.Na.H/c1-17(2)13-9-5-3-7-11(13)15-16-12-8-4-6-10-14(12)21(18,19)20;;/h3-10H,1-2H3,(H,18,19,20);;/q;+1;-1. The SMILES string of the molecule is CN(C)c1ccccc1N=Nc1ccccc1S(=O)(=O)O.[H-].[Na+]. The van der Waals surface area contributed by atoms with Crippen LogP contribution in [0.5, 0.6) is 0 Å². The summed E-state index contributed by atoms with van der Waals surface area (Å²) in [5, 5.41) is 8.02. The Hall–Kier alpha value is -1.25. The van der Waals surface area contributed by atoms with Crippen molar-refractivity contribution in [1.29, 1.82) is 0 Å². The van der Waals surface area contributed by atoms with E-state index >= 15 is 0 Å². The number of benzene rings is 2. The van der Waals surface area contributed by atoms with Crippen LogP contribution >= 0.6 is 0 Å². The molecule has 0 saturated heterocycles. The Morgan fingerprint density at radius 3 is 2.05 bits per heavy atom. The Labute approximate surface area is 153 Å². The first-order chi connectivity index (χ1) is 9.89. The molecular weight excluding hydrogens is 313 g/mol. The van der Waals surface area contributed by atoms with E-state index < -0.39 is 10.1 Å². The summed E-state index contributed by atoms with van der Waals surface area (Å²) in [5.74, 6) is 0. The number of azo groups is 1. The zero-order valence-electron chi connectivity index (χ0n) is 13.6. The molecule has 6 nitrogen and oxygen atoms in total. The van der Waals surface area contributed by atoms with Gasteiger partial charge in [0.15, 0.2) is 0 Å². The fraction of sp³-hybridized carbons (Fsp3) is 0.143. The van der Waals surface area contributed by atoms with Crippen LogP contribution < -0.4 is 34.5 Å². The van der Waals surface area contributed by atoms with Gasteiger partial charge in [-0.05, 0) is 24.3 Å². The number of nitrogens with zero attached hydrogens (tertiary/aromatic N) is 3. The predicted molar refractivity (Wildman–Crippen MR) is 82.3 cm³/mol. The van der Waals surface area contributed by atoms with Crippen LogP contribution in [0.25, 0.3) is 0 Å². The molecule has 0 aliphatic carbocycles. The van der Waals surface area contributed by atoms with Crippen LogP contribution in [-0.4, -0.2) is 27.1 Å². The smallest absolute Gasteiger partial charge is 1.00 e. The molecule has 0 heterocycles. The minimum Gasteiger partial charge on any atom is -1.00 e. The Bertz CT molecular complexity index is 782. The molecule has 2 rings (SSSR count). The zero-order valence-corrected chi connectivity index (χ0v) is 15.4. The van der Waals surface area contributed by atoms with E-state index in [0.717, 1.165) is 5.69 Å². The van der Waals surface area contributed by atoms with Gasteiger partial charge in [-0.15, -0.1) is 10.2 Å². The average Bonchev–Trinajstić information content (AvgIpc) is 2.44. The fourth-order valence-corrected chi connectivity index (χ4v) is 2.42. The van der Waals surface area contributed by atoms with E-state index in [1.54, 1.807) is 12.1 Å². The quantitative estimate of drug-likeness (QED) is 0.504. The summed E-state index contributed by atoms with van der Waals surface area (Å²) in [6.07, 6.45) is 0. The van der Waals surface area contributed by atoms with E-state index in [4.69, 9.17) is 0 Å². The van der Waals surface area contributed by atoms with E-state index in [0.29, 0.717) is 5.69 Å². The minimum absolute atomic E-state index is 0. The van der Waals surface area contributed by atoms with E-state index in [9.17, 15) is 13.0 Å². The monoisotopic (exact) mass is 329 g/mol. The topological polar surface area (TPSA) is 82.3 Å². The first-order valence-corrected chi connectivity index (χ1v) is 7.58. The summed E-state index contributed by atoms with van der Waals surface area (Å²) in [6.45, 7) is 0. The van der Waals surface area contributed by atoms with Crippen molar-refractivity contribution in [3.63, 3.8) is 0 Å². The largest absolute Gasteiger partial charge is 1.00 e. The van der Waals surface area contributed by atoms with Crippen LogP contribution in [0.3, 0.4) is 0 Å². The summed E-state index contributed by atoms with van der Waals surface area (Å²) in [6, 6.07) is 13.2. The van der Waals surface area contributed by atoms with Crippen molar-refractivity contribution < 1.29 is 44.0 Å². The van der Waals surface area contributed by atoms with Gasteiger partial charge < -0.3 is 6.33 Å². The van der Waals surface area contributed by atoms with Gasteiger partial charge in [-0.2, -0.15) is 8.42 Å². The molecule has 0 aliphatic heterocycles. The molecule has 0 radical (unpaired) electrons. The van der Waals surface area contributed by atoms with Crippen LogP contribution in [0.15, 0.2) is 63.7 Å². The third kappa shape index (κ3) is 4.62. The summed E-state index contributed by atoms with van der Waals surface area (Å²) < 4.78 is 31.7. The van der Waals surface area contributed by atoms with Gasteiger partial charge in [-0.1, -0.05) is 24.3 Å². The predicted octanol–water partition coefficient (Wildman–Crippen LogP) is 0.531.